The lowest BCUT2D eigenvalue weighted by Gasteiger charge is -2.26. The molecule has 1 aromatic heterocycles. The molecule has 0 saturated heterocycles. The van der Waals surface area contributed by atoms with E-state index in [0.717, 1.165) is 21.8 Å². The molecule has 0 aliphatic heterocycles. The number of para-hydroxylation sites is 2. The van der Waals surface area contributed by atoms with Crippen LogP contribution in [0.2, 0.25) is 0 Å². The number of aromatic nitrogens is 1. The van der Waals surface area contributed by atoms with Gasteiger partial charge in [-0.1, -0.05) is 42.1 Å². The van der Waals surface area contributed by atoms with Crippen LogP contribution in [-0.2, 0) is 0 Å². The van der Waals surface area contributed by atoms with Gasteiger partial charge in [-0.25, -0.2) is 4.79 Å². The van der Waals surface area contributed by atoms with Crippen molar-refractivity contribution in [1.82, 2.24) is 4.57 Å². The summed E-state index contributed by atoms with van der Waals surface area (Å²) in [5.41, 5.74) is 0.821. The second kappa shape index (κ2) is 6.13. The van der Waals surface area contributed by atoms with Gasteiger partial charge in [-0.15, -0.1) is 0 Å². The minimum absolute atomic E-state index is 0.0690. The van der Waals surface area contributed by atoms with Crippen LogP contribution < -0.4 is 10.2 Å². The number of nitrogens with zero attached hydrogens (tertiary/aromatic N) is 1. The third kappa shape index (κ3) is 2.28. The number of carboxylic acid groups (broad SMARTS) is 2. The van der Waals surface area contributed by atoms with Crippen LogP contribution in [0, 0.1) is 13.8 Å². The number of benzene rings is 3. The van der Waals surface area contributed by atoms with Crippen LogP contribution in [0.4, 0.5) is 0 Å². The number of carboxylic acids is 2. The van der Waals surface area contributed by atoms with Gasteiger partial charge in [0.1, 0.15) is 0 Å². The van der Waals surface area contributed by atoms with E-state index in [4.69, 9.17) is 0 Å². The van der Waals surface area contributed by atoms with Crippen LogP contribution in [0.25, 0.3) is 27.5 Å². The Kier molecular flexibility index (Phi) is 3.85. The summed E-state index contributed by atoms with van der Waals surface area (Å²) in [6.45, 7) is 2.77. The molecule has 1 N–H and O–H groups in total. The first-order valence-electron chi connectivity index (χ1n) is 8.62. The number of hydrogen-bond acceptors (Lipinski definition) is 4. The highest BCUT2D eigenvalue weighted by molar-refractivity contribution is 6.11. The highest BCUT2D eigenvalue weighted by Gasteiger charge is 2.24. The monoisotopic (exact) mass is 373 g/mol. The van der Waals surface area contributed by atoms with E-state index in [1.54, 1.807) is 4.57 Å². The minimum atomic E-state index is -1.62. The molecule has 0 unspecified atom stereocenters. The van der Waals surface area contributed by atoms with Crippen LogP contribution in [0.5, 0.6) is 5.75 Å². The Morgan fingerprint density at radius 1 is 0.857 bits per heavy atom. The van der Waals surface area contributed by atoms with Gasteiger partial charge in [0.05, 0.1) is 28.3 Å². The molecular weight excluding hydrogens is 358 g/mol. The quantitative estimate of drug-likeness (QED) is 0.594. The molecular formula is C22H15NO5-2. The lowest BCUT2D eigenvalue weighted by atomic mass is 9.95. The maximum absolute atomic E-state index is 12.5. The summed E-state index contributed by atoms with van der Waals surface area (Å²) in [6.07, 6.45) is 0. The van der Waals surface area contributed by atoms with E-state index >= 15 is 0 Å². The van der Waals surface area contributed by atoms with Crippen molar-refractivity contribution in [3.63, 3.8) is 0 Å². The van der Waals surface area contributed by atoms with E-state index in [1.165, 1.54) is 13.8 Å². The Bertz CT molecular complexity index is 1250. The average Bonchev–Trinajstić information content (AvgIpc) is 2.98. The fourth-order valence-electron chi connectivity index (χ4n) is 3.91. The van der Waals surface area contributed by atoms with Crippen molar-refractivity contribution in [3.05, 3.63) is 70.8 Å². The SMILES string of the molecule is Cc1c([O-])c(C(=O)[O-])c(C)c(-n2c3ccccc3c3ccccc32)c1C(=O)O. The third-order valence-corrected chi connectivity index (χ3v) is 5.13. The van der Waals surface area contributed by atoms with Crippen LogP contribution in [0.3, 0.4) is 0 Å². The van der Waals surface area contributed by atoms with E-state index < -0.39 is 23.3 Å². The van der Waals surface area contributed by atoms with E-state index in [1.807, 2.05) is 48.5 Å². The number of rotatable bonds is 3. The van der Waals surface area contributed by atoms with Gasteiger partial charge in [-0.2, -0.15) is 0 Å². The molecule has 0 saturated carbocycles. The van der Waals surface area contributed by atoms with Crippen molar-refractivity contribution in [1.29, 1.82) is 0 Å². The molecule has 0 fully saturated rings. The minimum Gasteiger partial charge on any atom is -0.872 e. The zero-order chi connectivity index (χ0) is 20.2. The first kappa shape index (κ1) is 17.6. The van der Waals surface area contributed by atoms with Crippen LogP contribution in [-0.4, -0.2) is 21.6 Å². The summed E-state index contributed by atoms with van der Waals surface area (Å²) >= 11 is 0. The highest BCUT2D eigenvalue weighted by atomic mass is 16.4. The van der Waals surface area contributed by atoms with Crippen molar-refractivity contribution in [2.75, 3.05) is 0 Å². The van der Waals surface area contributed by atoms with E-state index in [9.17, 15) is 24.9 Å². The Hall–Kier alpha value is -3.80. The molecule has 6 heteroatoms. The fraction of sp³-hybridized carbons (Fsp3) is 0.0909. The first-order valence-corrected chi connectivity index (χ1v) is 8.62. The van der Waals surface area contributed by atoms with E-state index in [-0.39, 0.29) is 22.4 Å². The van der Waals surface area contributed by atoms with Crippen LogP contribution >= 0.6 is 0 Å². The predicted octanol–water partition coefficient (Wildman–Crippen LogP) is 2.54. The molecule has 4 rings (SSSR count). The molecule has 28 heavy (non-hydrogen) atoms. The standard InChI is InChI=1S/C22H17NO5/c1-11-18(22(27)28)20(24)12(2)17(21(25)26)19(11)23-15-9-5-3-7-13(15)14-8-4-6-10-16(14)23/h3-10,24H,1-2H3,(H,25,26)(H,27,28)/p-2. The molecule has 0 amide bonds. The van der Waals surface area contributed by atoms with Crippen molar-refractivity contribution >= 4 is 33.7 Å². The van der Waals surface area contributed by atoms with Gasteiger partial charge in [-0.05, 0) is 42.7 Å². The Balaban J connectivity index is 2.31. The molecule has 4 aromatic rings. The van der Waals surface area contributed by atoms with E-state index in [0.29, 0.717) is 0 Å². The normalized spacial score (nSPS) is 11.2. The summed E-state index contributed by atoms with van der Waals surface area (Å²) in [5.74, 6) is -3.75. The van der Waals surface area contributed by atoms with Crippen molar-refractivity contribution in [2.24, 2.45) is 0 Å². The zero-order valence-electron chi connectivity index (χ0n) is 15.1. The topological polar surface area (TPSA) is 105 Å². The Morgan fingerprint density at radius 2 is 1.36 bits per heavy atom. The van der Waals surface area contributed by atoms with Gasteiger partial charge in [-0.3, -0.25) is 0 Å². The van der Waals surface area contributed by atoms with E-state index in [2.05, 4.69) is 0 Å². The van der Waals surface area contributed by atoms with Crippen molar-refractivity contribution < 1.29 is 24.9 Å². The number of aromatic carboxylic acids is 2. The van der Waals surface area contributed by atoms with Crippen molar-refractivity contribution in [2.45, 2.75) is 13.8 Å². The largest absolute Gasteiger partial charge is 0.872 e. The molecule has 0 atom stereocenters. The molecule has 140 valence electrons. The van der Waals surface area contributed by atoms with Crippen LogP contribution in [0.15, 0.2) is 48.5 Å². The summed E-state index contributed by atoms with van der Waals surface area (Å²) in [7, 11) is 0. The molecule has 1 heterocycles. The molecule has 6 nitrogen and oxygen atoms in total. The predicted molar refractivity (Wildman–Crippen MR) is 101 cm³/mol. The maximum Gasteiger partial charge on any atom is 0.338 e. The number of hydrogen-bond donors (Lipinski definition) is 1. The lowest BCUT2D eigenvalue weighted by molar-refractivity contribution is -0.276. The lowest BCUT2D eigenvalue weighted by Crippen LogP contribution is -2.27. The van der Waals surface area contributed by atoms with Crippen molar-refractivity contribution in [3.8, 4) is 11.4 Å². The van der Waals surface area contributed by atoms with Gasteiger partial charge >= 0.3 is 5.97 Å². The highest BCUT2D eigenvalue weighted by Crippen LogP contribution is 2.38. The van der Waals surface area contributed by atoms with Crippen LogP contribution in [0.1, 0.15) is 31.8 Å². The smallest absolute Gasteiger partial charge is 0.338 e. The Labute approximate surface area is 159 Å². The molecule has 0 bridgehead atoms. The van der Waals surface area contributed by atoms with Gasteiger partial charge < -0.3 is 24.7 Å². The maximum atomic E-state index is 12.5. The molecule has 0 aliphatic carbocycles. The number of fused-ring (bicyclic) bond motifs is 3. The molecule has 0 radical (unpaired) electrons. The number of carbonyl (C=O) groups excluding carboxylic acids is 1. The summed E-state index contributed by atoms with van der Waals surface area (Å²) in [5, 5.41) is 35.8. The third-order valence-electron chi connectivity index (χ3n) is 5.13. The average molecular weight is 373 g/mol. The number of carbonyl (C=O) groups is 2. The molecule has 3 aromatic carbocycles. The van der Waals surface area contributed by atoms with Gasteiger partial charge in [0, 0.05) is 10.8 Å². The second-order valence-corrected chi connectivity index (χ2v) is 6.64. The second-order valence-electron chi connectivity index (χ2n) is 6.64. The molecule has 0 aliphatic rings. The van der Waals surface area contributed by atoms with Gasteiger partial charge in [0.25, 0.3) is 0 Å². The molecule has 0 spiro atoms. The van der Waals surface area contributed by atoms with Gasteiger partial charge in [0.2, 0.25) is 0 Å². The summed E-state index contributed by atoms with van der Waals surface area (Å²) in [4.78, 5) is 23.7. The fourth-order valence-corrected chi connectivity index (χ4v) is 3.91. The van der Waals surface area contributed by atoms with Gasteiger partial charge in [0.15, 0.2) is 0 Å². The first-order chi connectivity index (χ1) is 13.3. The summed E-state index contributed by atoms with van der Waals surface area (Å²) in [6, 6.07) is 14.9. The zero-order valence-corrected chi connectivity index (χ0v) is 15.1. The summed E-state index contributed by atoms with van der Waals surface area (Å²) < 4.78 is 1.71. The Morgan fingerprint density at radius 3 is 1.82 bits per heavy atom.